The fourth-order valence-electron chi connectivity index (χ4n) is 4.15. The van der Waals surface area contributed by atoms with E-state index in [1.807, 2.05) is 43.3 Å². The van der Waals surface area contributed by atoms with Crippen molar-refractivity contribution in [3.05, 3.63) is 29.8 Å². The SMILES string of the molecule is CC[C@H]1CN2CC[C@H]1C[C@@H]2CNC(=O)c1ccc(N(C)C)cc1. The van der Waals surface area contributed by atoms with Gasteiger partial charge in [0.1, 0.15) is 0 Å². The predicted molar refractivity (Wildman–Crippen MR) is 95.0 cm³/mol. The lowest BCUT2D eigenvalue weighted by molar-refractivity contribution is 0.000726. The van der Waals surface area contributed by atoms with Crippen LogP contribution in [-0.4, -0.2) is 50.6 Å². The van der Waals surface area contributed by atoms with Crippen LogP contribution in [0.1, 0.15) is 36.5 Å². The highest BCUT2D eigenvalue weighted by Crippen LogP contribution is 2.37. The van der Waals surface area contributed by atoms with Crippen LogP contribution >= 0.6 is 0 Å². The molecule has 0 spiro atoms. The molecule has 1 N–H and O–H groups in total. The molecule has 23 heavy (non-hydrogen) atoms. The number of amides is 1. The molecular formula is C19H29N3O. The van der Waals surface area contributed by atoms with Gasteiger partial charge in [0.2, 0.25) is 0 Å². The van der Waals surface area contributed by atoms with E-state index in [-0.39, 0.29) is 5.91 Å². The van der Waals surface area contributed by atoms with Crippen LogP contribution in [0.4, 0.5) is 5.69 Å². The van der Waals surface area contributed by atoms with Crippen LogP contribution in [0, 0.1) is 11.8 Å². The largest absolute Gasteiger partial charge is 0.378 e. The first-order chi connectivity index (χ1) is 11.1. The fourth-order valence-corrected chi connectivity index (χ4v) is 4.15. The van der Waals surface area contributed by atoms with E-state index >= 15 is 0 Å². The molecule has 1 aromatic carbocycles. The Balaban J connectivity index is 1.53. The lowest BCUT2D eigenvalue weighted by atomic mass is 9.74. The second-order valence-electron chi connectivity index (χ2n) is 7.25. The van der Waals surface area contributed by atoms with E-state index in [4.69, 9.17) is 0 Å². The summed E-state index contributed by atoms with van der Waals surface area (Å²) in [5.74, 6) is 1.78. The average molecular weight is 315 g/mol. The second-order valence-corrected chi connectivity index (χ2v) is 7.25. The third kappa shape index (κ3) is 3.52. The quantitative estimate of drug-likeness (QED) is 0.907. The molecule has 4 rings (SSSR count). The Kier molecular flexibility index (Phi) is 4.90. The molecule has 4 nitrogen and oxygen atoms in total. The maximum absolute atomic E-state index is 12.4. The molecule has 1 aromatic rings. The Morgan fingerprint density at radius 2 is 2.04 bits per heavy atom. The number of nitrogens with zero attached hydrogens (tertiary/aromatic N) is 2. The van der Waals surface area contributed by atoms with Crippen LogP contribution in [0.15, 0.2) is 24.3 Å². The highest BCUT2D eigenvalue weighted by Gasteiger charge is 2.38. The van der Waals surface area contributed by atoms with Crippen molar-refractivity contribution in [2.24, 2.45) is 11.8 Å². The van der Waals surface area contributed by atoms with Crippen LogP contribution in [-0.2, 0) is 0 Å². The third-order valence-electron chi connectivity index (χ3n) is 5.68. The van der Waals surface area contributed by atoms with E-state index < -0.39 is 0 Å². The standard InChI is InChI=1S/C19H29N3O/c1-4-14-13-22-10-9-16(14)11-18(22)12-20-19(23)15-5-7-17(8-6-15)21(2)3/h5-8,14,16,18H,4,9-13H2,1-3H3,(H,20,23)/t14-,16-,18+/m0/s1. The van der Waals surface area contributed by atoms with Crippen LogP contribution < -0.4 is 10.2 Å². The van der Waals surface area contributed by atoms with Crippen LogP contribution in [0.25, 0.3) is 0 Å². The molecule has 4 atom stereocenters. The zero-order valence-electron chi connectivity index (χ0n) is 14.6. The minimum absolute atomic E-state index is 0.0463. The minimum atomic E-state index is 0.0463. The summed E-state index contributed by atoms with van der Waals surface area (Å²) >= 11 is 0. The smallest absolute Gasteiger partial charge is 0.251 e. The fraction of sp³-hybridized carbons (Fsp3) is 0.632. The number of hydrogen-bond acceptors (Lipinski definition) is 3. The van der Waals surface area contributed by atoms with Gasteiger partial charge in [-0.05, 0) is 55.5 Å². The van der Waals surface area contributed by atoms with Crippen molar-refractivity contribution in [1.29, 1.82) is 0 Å². The van der Waals surface area contributed by atoms with E-state index in [2.05, 4.69) is 17.1 Å². The Hall–Kier alpha value is -1.55. The number of hydrogen-bond donors (Lipinski definition) is 1. The van der Waals surface area contributed by atoms with Crippen molar-refractivity contribution in [3.8, 4) is 0 Å². The molecule has 126 valence electrons. The van der Waals surface area contributed by atoms with Gasteiger partial charge in [0.15, 0.2) is 0 Å². The van der Waals surface area contributed by atoms with Gasteiger partial charge in [-0.3, -0.25) is 9.69 Å². The summed E-state index contributed by atoms with van der Waals surface area (Å²) < 4.78 is 0. The van der Waals surface area contributed by atoms with Gasteiger partial charge in [0.25, 0.3) is 5.91 Å². The highest BCUT2D eigenvalue weighted by molar-refractivity contribution is 5.94. The molecular weight excluding hydrogens is 286 g/mol. The summed E-state index contributed by atoms with van der Waals surface area (Å²) in [6, 6.07) is 8.33. The summed E-state index contributed by atoms with van der Waals surface area (Å²) in [5, 5.41) is 3.14. The predicted octanol–water partition coefficient (Wildman–Crippen LogP) is 2.60. The first kappa shape index (κ1) is 16.3. The molecule has 0 aliphatic carbocycles. The van der Waals surface area contributed by atoms with E-state index in [9.17, 15) is 4.79 Å². The number of nitrogens with one attached hydrogen (secondary N) is 1. The average Bonchev–Trinajstić information content (AvgIpc) is 2.60. The molecule has 0 saturated carbocycles. The number of benzene rings is 1. The Labute approximate surface area is 139 Å². The summed E-state index contributed by atoms with van der Waals surface area (Å²) in [7, 11) is 4.01. The third-order valence-corrected chi connectivity index (χ3v) is 5.68. The van der Waals surface area contributed by atoms with Crippen molar-refractivity contribution in [3.63, 3.8) is 0 Å². The molecule has 3 aliphatic rings. The summed E-state index contributed by atoms with van der Waals surface area (Å²) in [4.78, 5) is 17.0. The molecule has 0 radical (unpaired) electrons. The van der Waals surface area contributed by atoms with Gasteiger partial charge in [-0.2, -0.15) is 0 Å². The lowest BCUT2D eigenvalue weighted by Gasteiger charge is -2.50. The van der Waals surface area contributed by atoms with Crippen LogP contribution in [0.3, 0.4) is 0 Å². The lowest BCUT2D eigenvalue weighted by Crippen LogP contribution is -2.56. The number of rotatable bonds is 5. The van der Waals surface area contributed by atoms with Crippen molar-refractivity contribution in [2.45, 2.75) is 32.2 Å². The molecule has 3 fully saturated rings. The Bertz CT molecular complexity index is 540. The monoisotopic (exact) mass is 315 g/mol. The van der Waals surface area contributed by atoms with Crippen molar-refractivity contribution >= 4 is 11.6 Å². The van der Waals surface area contributed by atoms with Gasteiger partial charge in [-0.1, -0.05) is 13.3 Å². The molecule has 3 heterocycles. The maximum atomic E-state index is 12.4. The van der Waals surface area contributed by atoms with Gasteiger partial charge in [-0.15, -0.1) is 0 Å². The first-order valence-corrected chi connectivity index (χ1v) is 8.88. The number of piperidine rings is 3. The summed E-state index contributed by atoms with van der Waals surface area (Å²) in [5.41, 5.74) is 1.86. The van der Waals surface area contributed by atoms with Gasteiger partial charge in [0.05, 0.1) is 0 Å². The van der Waals surface area contributed by atoms with Gasteiger partial charge < -0.3 is 10.2 Å². The minimum Gasteiger partial charge on any atom is -0.378 e. The number of carbonyl (C=O) groups excluding carboxylic acids is 1. The molecule has 1 unspecified atom stereocenters. The molecule has 0 aromatic heterocycles. The first-order valence-electron chi connectivity index (χ1n) is 8.88. The summed E-state index contributed by atoms with van der Waals surface area (Å²) in [6.07, 6.45) is 3.88. The van der Waals surface area contributed by atoms with Crippen molar-refractivity contribution in [2.75, 3.05) is 38.6 Å². The Morgan fingerprint density at radius 1 is 1.30 bits per heavy atom. The normalized spacial score (nSPS) is 29.3. The number of fused-ring (bicyclic) bond motifs is 3. The summed E-state index contributed by atoms with van der Waals surface area (Å²) in [6.45, 7) is 5.51. The van der Waals surface area contributed by atoms with E-state index in [1.54, 1.807) is 0 Å². The number of carbonyl (C=O) groups is 1. The van der Waals surface area contributed by atoms with E-state index in [1.165, 1.54) is 32.4 Å². The maximum Gasteiger partial charge on any atom is 0.251 e. The van der Waals surface area contributed by atoms with Crippen molar-refractivity contribution < 1.29 is 4.79 Å². The number of anilines is 1. The second kappa shape index (κ2) is 6.91. The van der Waals surface area contributed by atoms with Gasteiger partial charge in [-0.25, -0.2) is 0 Å². The van der Waals surface area contributed by atoms with Gasteiger partial charge in [0, 0.05) is 44.5 Å². The molecule has 3 saturated heterocycles. The molecule has 1 amide bonds. The Morgan fingerprint density at radius 3 is 2.61 bits per heavy atom. The topological polar surface area (TPSA) is 35.6 Å². The van der Waals surface area contributed by atoms with E-state index in [0.717, 1.165) is 29.6 Å². The van der Waals surface area contributed by atoms with Gasteiger partial charge >= 0.3 is 0 Å². The molecule has 2 bridgehead atoms. The highest BCUT2D eigenvalue weighted by atomic mass is 16.1. The van der Waals surface area contributed by atoms with Crippen molar-refractivity contribution in [1.82, 2.24) is 10.2 Å². The zero-order chi connectivity index (χ0) is 16.4. The zero-order valence-corrected chi connectivity index (χ0v) is 14.6. The van der Waals surface area contributed by atoms with Crippen LogP contribution in [0.2, 0.25) is 0 Å². The van der Waals surface area contributed by atoms with E-state index in [0.29, 0.717) is 6.04 Å². The molecule has 4 heteroatoms. The van der Waals surface area contributed by atoms with Crippen LogP contribution in [0.5, 0.6) is 0 Å². The molecule has 3 aliphatic heterocycles.